The molecule has 0 amide bonds. The number of aromatic nitrogens is 6. The van der Waals surface area contributed by atoms with Gasteiger partial charge in [0.05, 0.1) is 28.8 Å². The van der Waals surface area contributed by atoms with E-state index < -0.39 is 0 Å². The molecule has 164 valence electrons. The van der Waals surface area contributed by atoms with Gasteiger partial charge < -0.3 is 4.98 Å². The second kappa shape index (κ2) is 9.87. The van der Waals surface area contributed by atoms with Crippen molar-refractivity contribution in [1.29, 1.82) is 0 Å². The molecule has 0 atom stereocenters. The monoisotopic (exact) mass is 434 g/mol. The van der Waals surface area contributed by atoms with Crippen LogP contribution in [0.5, 0.6) is 0 Å². The van der Waals surface area contributed by atoms with Crippen LogP contribution in [0.2, 0.25) is 0 Å². The minimum Gasteiger partial charge on any atom is -0.357 e. The fourth-order valence-electron chi connectivity index (χ4n) is 3.71. The lowest BCUT2D eigenvalue weighted by Gasteiger charge is -2.05. The van der Waals surface area contributed by atoms with E-state index in [2.05, 4.69) is 49.7 Å². The zero-order valence-corrected chi connectivity index (χ0v) is 19.0. The first-order chi connectivity index (χ1) is 16.2. The van der Waals surface area contributed by atoms with Gasteiger partial charge in [0.2, 0.25) is 0 Å². The fourth-order valence-corrected chi connectivity index (χ4v) is 3.71. The Balaban J connectivity index is 0.00000126. The predicted molar refractivity (Wildman–Crippen MR) is 135 cm³/mol. The molecule has 0 spiro atoms. The maximum atomic E-state index is 4.57. The van der Waals surface area contributed by atoms with Crippen LogP contribution in [0.15, 0.2) is 86.0 Å². The summed E-state index contributed by atoms with van der Waals surface area (Å²) in [6.45, 7) is 9.93. The van der Waals surface area contributed by atoms with Gasteiger partial charge in [0.25, 0.3) is 0 Å². The zero-order valence-electron chi connectivity index (χ0n) is 19.0. The number of nitrogens with one attached hydrogen (secondary N) is 2. The van der Waals surface area contributed by atoms with E-state index in [-0.39, 0.29) is 0 Å². The minimum absolute atomic E-state index is 0.843. The van der Waals surface area contributed by atoms with Crippen LogP contribution in [-0.4, -0.2) is 30.1 Å². The summed E-state index contributed by atoms with van der Waals surface area (Å²) in [4.78, 5) is 16.8. The number of rotatable bonds is 5. The summed E-state index contributed by atoms with van der Waals surface area (Å²) >= 11 is 0. The van der Waals surface area contributed by atoms with Gasteiger partial charge in [-0.15, -0.1) is 0 Å². The highest BCUT2D eigenvalue weighted by molar-refractivity contribution is 5.95. The molecule has 5 aromatic rings. The third-order valence-corrected chi connectivity index (χ3v) is 5.19. The highest BCUT2D eigenvalue weighted by Crippen LogP contribution is 2.33. The van der Waals surface area contributed by atoms with Crippen molar-refractivity contribution in [2.45, 2.75) is 20.8 Å². The van der Waals surface area contributed by atoms with Crippen LogP contribution >= 0.6 is 0 Å². The van der Waals surface area contributed by atoms with Crippen LogP contribution in [0.4, 0.5) is 0 Å². The number of aryl methyl sites for hydroxylation is 1. The summed E-state index contributed by atoms with van der Waals surface area (Å²) < 4.78 is 0. The van der Waals surface area contributed by atoms with Crippen LogP contribution in [0.25, 0.3) is 39.1 Å². The highest BCUT2D eigenvalue weighted by atomic mass is 15.1. The lowest BCUT2D eigenvalue weighted by Crippen LogP contribution is -1.91. The van der Waals surface area contributed by atoms with Gasteiger partial charge in [0, 0.05) is 46.4 Å². The van der Waals surface area contributed by atoms with E-state index in [0.29, 0.717) is 0 Å². The summed E-state index contributed by atoms with van der Waals surface area (Å²) in [6, 6.07) is 13.9. The van der Waals surface area contributed by atoms with Crippen LogP contribution in [0.3, 0.4) is 0 Å². The first kappa shape index (κ1) is 21.9. The average Bonchev–Trinajstić information content (AvgIpc) is 3.47. The van der Waals surface area contributed by atoms with Crippen molar-refractivity contribution in [3.05, 3.63) is 103 Å². The standard InChI is InChI=1S/C25H20N6.C2H6/c1-3-7-18(21-9-4-5-11-27-21)19-12-23(29-16(19)2)25-20-13-22(17-8-6-10-26-14-17)28-15-24(20)30-31-25;1-2/h3-15,29H,1H2,2H3,(H,30,31);1-2H3/b18-7+;. The molecular formula is C27H26N6. The molecule has 6 nitrogen and oxygen atoms in total. The first-order valence-corrected chi connectivity index (χ1v) is 10.9. The molecule has 0 aliphatic carbocycles. The summed E-state index contributed by atoms with van der Waals surface area (Å²) in [7, 11) is 0. The van der Waals surface area contributed by atoms with E-state index in [1.165, 1.54) is 0 Å². The van der Waals surface area contributed by atoms with E-state index in [4.69, 9.17) is 0 Å². The smallest absolute Gasteiger partial charge is 0.116 e. The van der Waals surface area contributed by atoms with E-state index >= 15 is 0 Å². The summed E-state index contributed by atoms with van der Waals surface area (Å²) in [6.07, 6.45) is 10.9. The summed E-state index contributed by atoms with van der Waals surface area (Å²) in [5.41, 5.74) is 8.46. The third-order valence-electron chi connectivity index (χ3n) is 5.19. The molecule has 0 unspecified atom stereocenters. The average molecular weight is 435 g/mol. The van der Waals surface area contributed by atoms with Crippen LogP contribution in [0.1, 0.15) is 30.8 Å². The molecule has 6 heteroatoms. The number of nitrogens with zero attached hydrogens (tertiary/aromatic N) is 4. The van der Waals surface area contributed by atoms with Crippen molar-refractivity contribution < 1.29 is 0 Å². The fraction of sp³-hybridized carbons (Fsp3) is 0.111. The Labute approximate surface area is 193 Å². The summed E-state index contributed by atoms with van der Waals surface area (Å²) in [5, 5.41) is 8.65. The van der Waals surface area contributed by atoms with E-state index in [0.717, 1.165) is 56.1 Å². The van der Waals surface area contributed by atoms with Gasteiger partial charge in [-0.1, -0.05) is 38.6 Å². The molecule has 0 radical (unpaired) electrons. The van der Waals surface area contributed by atoms with Crippen molar-refractivity contribution >= 4 is 16.5 Å². The SMILES string of the molecule is C=C/C=C(/c1ccccn1)c1cc(-c2n[nH]c3cnc(-c4cccnc4)cc23)[nH]c1C.CC. The Morgan fingerprint density at radius 1 is 1.00 bits per heavy atom. The largest absolute Gasteiger partial charge is 0.357 e. The molecule has 0 fully saturated rings. The summed E-state index contributed by atoms with van der Waals surface area (Å²) in [5.74, 6) is 0. The van der Waals surface area contributed by atoms with Gasteiger partial charge in [-0.05, 0) is 43.3 Å². The topological polar surface area (TPSA) is 83.1 Å². The Hall–Kier alpha value is -4.32. The molecule has 0 bridgehead atoms. The lowest BCUT2D eigenvalue weighted by atomic mass is 10.0. The molecule has 0 aromatic carbocycles. The second-order valence-electron chi connectivity index (χ2n) is 7.18. The third kappa shape index (κ3) is 4.36. The minimum atomic E-state index is 0.843. The number of hydrogen-bond donors (Lipinski definition) is 2. The molecule has 0 saturated carbocycles. The molecule has 5 aromatic heterocycles. The van der Waals surface area contributed by atoms with Crippen molar-refractivity contribution in [3.8, 4) is 22.6 Å². The molecule has 0 saturated heterocycles. The van der Waals surface area contributed by atoms with Gasteiger partial charge in [-0.3, -0.25) is 20.1 Å². The molecule has 5 rings (SSSR count). The van der Waals surface area contributed by atoms with Crippen LogP contribution in [-0.2, 0) is 0 Å². The van der Waals surface area contributed by atoms with E-state index in [9.17, 15) is 0 Å². The quantitative estimate of drug-likeness (QED) is 0.315. The Morgan fingerprint density at radius 2 is 1.88 bits per heavy atom. The number of H-pyrrole nitrogens is 2. The van der Waals surface area contributed by atoms with Crippen molar-refractivity contribution in [2.75, 3.05) is 0 Å². The molecular weight excluding hydrogens is 408 g/mol. The Bertz CT molecular complexity index is 1390. The van der Waals surface area contributed by atoms with E-state index in [1.54, 1.807) is 18.5 Å². The van der Waals surface area contributed by atoms with Crippen LogP contribution in [0, 0.1) is 6.92 Å². The predicted octanol–water partition coefficient (Wildman–Crippen LogP) is 6.36. The number of allylic oxidation sites excluding steroid dienone is 2. The van der Waals surface area contributed by atoms with Gasteiger partial charge in [0.15, 0.2) is 0 Å². The number of fused-ring (bicyclic) bond motifs is 1. The molecule has 33 heavy (non-hydrogen) atoms. The normalized spacial score (nSPS) is 11.2. The maximum Gasteiger partial charge on any atom is 0.116 e. The van der Waals surface area contributed by atoms with Crippen molar-refractivity contribution in [2.24, 2.45) is 0 Å². The number of pyridine rings is 3. The van der Waals surface area contributed by atoms with Gasteiger partial charge in [0.1, 0.15) is 5.69 Å². The Morgan fingerprint density at radius 3 is 2.61 bits per heavy atom. The molecule has 2 N–H and O–H groups in total. The van der Waals surface area contributed by atoms with Gasteiger partial charge >= 0.3 is 0 Å². The number of aromatic amines is 2. The highest BCUT2D eigenvalue weighted by Gasteiger charge is 2.17. The first-order valence-electron chi connectivity index (χ1n) is 10.9. The van der Waals surface area contributed by atoms with Crippen molar-refractivity contribution in [1.82, 2.24) is 30.1 Å². The molecule has 5 heterocycles. The lowest BCUT2D eigenvalue weighted by molar-refractivity contribution is 1.11. The van der Waals surface area contributed by atoms with E-state index in [1.807, 2.05) is 68.7 Å². The Kier molecular flexibility index (Phi) is 6.55. The van der Waals surface area contributed by atoms with Gasteiger partial charge in [-0.2, -0.15) is 5.10 Å². The molecule has 0 aliphatic heterocycles. The second-order valence-corrected chi connectivity index (χ2v) is 7.18. The zero-order chi connectivity index (χ0) is 23.2. The van der Waals surface area contributed by atoms with Gasteiger partial charge in [-0.25, -0.2) is 0 Å². The number of hydrogen-bond acceptors (Lipinski definition) is 4. The molecule has 0 aliphatic rings. The van der Waals surface area contributed by atoms with Crippen LogP contribution < -0.4 is 0 Å². The maximum absolute atomic E-state index is 4.57. The van der Waals surface area contributed by atoms with Crippen molar-refractivity contribution in [3.63, 3.8) is 0 Å².